The minimum absolute atomic E-state index is 0.0410. The van der Waals surface area contributed by atoms with Gasteiger partial charge in [0.15, 0.2) is 0 Å². The first kappa shape index (κ1) is 13.9. The van der Waals surface area contributed by atoms with E-state index in [-0.39, 0.29) is 17.1 Å². The number of aryl methyl sites for hydroxylation is 1. The van der Waals surface area contributed by atoms with Crippen LogP contribution >= 0.6 is 0 Å². The van der Waals surface area contributed by atoms with Crippen molar-refractivity contribution in [2.45, 2.75) is 26.2 Å². The molecule has 0 spiro atoms. The van der Waals surface area contributed by atoms with Crippen molar-refractivity contribution in [1.29, 1.82) is 0 Å². The minimum atomic E-state index is -0.207. The zero-order valence-corrected chi connectivity index (χ0v) is 11.5. The van der Waals surface area contributed by atoms with Crippen LogP contribution in [0.5, 0.6) is 5.75 Å². The lowest BCUT2D eigenvalue weighted by Gasteiger charge is -2.15. The summed E-state index contributed by atoms with van der Waals surface area (Å²) in [7, 11) is 1.69. The molecule has 1 saturated carbocycles. The molecule has 2 N–H and O–H groups in total. The van der Waals surface area contributed by atoms with Crippen LogP contribution in [-0.2, 0) is 4.74 Å². The van der Waals surface area contributed by atoms with Crippen molar-refractivity contribution in [2.75, 3.05) is 20.3 Å². The summed E-state index contributed by atoms with van der Waals surface area (Å²) in [5, 5.41) is 12.7. The molecule has 104 valence electrons. The maximum atomic E-state index is 12.0. The van der Waals surface area contributed by atoms with E-state index in [0.717, 1.165) is 31.4 Å². The fourth-order valence-electron chi connectivity index (χ4n) is 2.21. The number of aromatic hydroxyl groups is 1. The molecular formula is C15H21NO3. The molecule has 0 bridgehead atoms. The number of ether oxygens (including phenoxy) is 1. The smallest absolute Gasteiger partial charge is 0.255 e. The van der Waals surface area contributed by atoms with E-state index in [9.17, 15) is 9.90 Å². The first-order valence-electron chi connectivity index (χ1n) is 6.63. The van der Waals surface area contributed by atoms with Gasteiger partial charge < -0.3 is 15.2 Å². The Morgan fingerprint density at radius 3 is 2.79 bits per heavy atom. The molecular weight excluding hydrogens is 242 g/mol. The normalized spacial score (nSPS) is 16.1. The zero-order valence-electron chi connectivity index (χ0n) is 11.5. The molecule has 0 radical (unpaired) electrons. The Labute approximate surface area is 113 Å². The molecule has 4 heteroatoms. The molecule has 0 saturated heterocycles. The molecule has 0 heterocycles. The molecule has 0 atom stereocenters. The van der Waals surface area contributed by atoms with Crippen molar-refractivity contribution >= 4 is 5.91 Å². The van der Waals surface area contributed by atoms with Crippen LogP contribution in [-0.4, -0.2) is 31.3 Å². The summed E-state index contributed by atoms with van der Waals surface area (Å²) in [6.07, 6.45) is 3.25. The van der Waals surface area contributed by atoms with E-state index in [0.29, 0.717) is 12.1 Å². The number of rotatable bonds is 6. The summed E-state index contributed by atoms with van der Waals surface area (Å²) in [5.41, 5.74) is 1.49. The van der Waals surface area contributed by atoms with Crippen molar-refractivity contribution in [1.82, 2.24) is 5.32 Å². The van der Waals surface area contributed by atoms with Crippen molar-refractivity contribution in [3.05, 3.63) is 29.3 Å². The maximum Gasteiger partial charge on any atom is 0.255 e. The molecule has 0 unspecified atom stereocenters. The van der Waals surface area contributed by atoms with Gasteiger partial charge >= 0.3 is 0 Å². The number of carbonyl (C=O) groups is 1. The van der Waals surface area contributed by atoms with E-state index in [2.05, 4.69) is 5.32 Å². The lowest BCUT2D eigenvalue weighted by Crippen LogP contribution is -2.30. The second-order valence-electron chi connectivity index (χ2n) is 5.45. The number of amides is 1. The van der Waals surface area contributed by atoms with Gasteiger partial charge in [-0.25, -0.2) is 0 Å². The summed E-state index contributed by atoms with van der Waals surface area (Å²) >= 11 is 0. The van der Waals surface area contributed by atoms with E-state index in [1.165, 1.54) is 0 Å². The fourth-order valence-corrected chi connectivity index (χ4v) is 2.21. The zero-order chi connectivity index (χ0) is 13.9. The number of phenolic OH excluding ortho intramolecular Hbond substituents is 1. The summed E-state index contributed by atoms with van der Waals surface area (Å²) in [5.74, 6) is -0.166. The highest BCUT2D eigenvalue weighted by Crippen LogP contribution is 2.48. The highest BCUT2D eigenvalue weighted by Gasteiger charge is 2.42. The number of hydrogen-bond acceptors (Lipinski definition) is 3. The van der Waals surface area contributed by atoms with Gasteiger partial charge in [-0.1, -0.05) is 6.07 Å². The van der Waals surface area contributed by atoms with Gasteiger partial charge in [-0.2, -0.15) is 0 Å². The van der Waals surface area contributed by atoms with Gasteiger partial charge in [-0.15, -0.1) is 0 Å². The number of nitrogens with one attached hydrogen (secondary N) is 1. The van der Waals surface area contributed by atoms with Crippen LogP contribution in [0, 0.1) is 12.3 Å². The van der Waals surface area contributed by atoms with E-state index in [1.54, 1.807) is 19.2 Å². The van der Waals surface area contributed by atoms with Crippen LogP contribution in [0.2, 0.25) is 0 Å². The molecule has 1 aliphatic rings. The Morgan fingerprint density at radius 2 is 2.21 bits per heavy atom. The SMILES string of the molecule is COCCC1(CNC(=O)c2ccc(C)cc2O)CC1. The van der Waals surface area contributed by atoms with Crippen LogP contribution in [0.3, 0.4) is 0 Å². The molecule has 1 aromatic carbocycles. The average Bonchev–Trinajstić information content (AvgIpc) is 3.14. The predicted octanol–water partition coefficient (Wildman–Crippen LogP) is 2.25. The average molecular weight is 263 g/mol. The molecule has 1 amide bonds. The van der Waals surface area contributed by atoms with Crippen LogP contribution in [0.15, 0.2) is 18.2 Å². The van der Waals surface area contributed by atoms with Crippen molar-refractivity contribution in [3.8, 4) is 5.75 Å². The van der Waals surface area contributed by atoms with Crippen molar-refractivity contribution in [3.63, 3.8) is 0 Å². The van der Waals surface area contributed by atoms with Gasteiger partial charge in [0.25, 0.3) is 5.91 Å². The first-order valence-corrected chi connectivity index (χ1v) is 6.63. The first-order chi connectivity index (χ1) is 9.06. The molecule has 1 aliphatic carbocycles. The number of benzene rings is 1. The number of carbonyl (C=O) groups excluding carboxylic acids is 1. The van der Waals surface area contributed by atoms with Gasteiger partial charge in [-0.05, 0) is 49.3 Å². The van der Waals surface area contributed by atoms with E-state index >= 15 is 0 Å². The van der Waals surface area contributed by atoms with E-state index < -0.39 is 0 Å². The number of hydrogen-bond donors (Lipinski definition) is 2. The number of phenols is 1. The molecule has 4 nitrogen and oxygen atoms in total. The molecule has 2 rings (SSSR count). The van der Waals surface area contributed by atoms with Crippen LogP contribution in [0.1, 0.15) is 35.2 Å². The van der Waals surface area contributed by atoms with Crippen molar-refractivity contribution in [2.24, 2.45) is 5.41 Å². The van der Waals surface area contributed by atoms with E-state index in [4.69, 9.17) is 4.74 Å². The van der Waals surface area contributed by atoms with Gasteiger partial charge in [0, 0.05) is 20.3 Å². The monoisotopic (exact) mass is 263 g/mol. The summed E-state index contributed by atoms with van der Waals surface area (Å²) < 4.78 is 5.09. The Bertz CT molecular complexity index is 466. The van der Waals surface area contributed by atoms with Crippen molar-refractivity contribution < 1.29 is 14.6 Å². The minimum Gasteiger partial charge on any atom is -0.507 e. The Morgan fingerprint density at radius 1 is 1.47 bits per heavy atom. The van der Waals surface area contributed by atoms with Gasteiger partial charge in [-0.3, -0.25) is 4.79 Å². The second-order valence-corrected chi connectivity index (χ2v) is 5.45. The van der Waals surface area contributed by atoms with Crippen LogP contribution in [0.25, 0.3) is 0 Å². The Balaban J connectivity index is 1.91. The second kappa shape index (κ2) is 5.61. The molecule has 1 aromatic rings. The third-order valence-electron chi connectivity index (χ3n) is 3.82. The van der Waals surface area contributed by atoms with Gasteiger partial charge in [0.2, 0.25) is 0 Å². The third-order valence-corrected chi connectivity index (χ3v) is 3.82. The standard InChI is InChI=1S/C15H21NO3/c1-11-3-4-12(13(17)9-11)14(18)16-10-15(5-6-15)7-8-19-2/h3-4,9,17H,5-8,10H2,1-2H3,(H,16,18). The van der Waals surface area contributed by atoms with Gasteiger partial charge in [0.05, 0.1) is 5.56 Å². The topological polar surface area (TPSA) is 58.6 Å². The highest BCUT2D eigenvalue weighted by molar-refractivity contribution is 5.96. The fraction of sp³-hybridized carbons (Fsp3) is 0.533. The van der Waals surface area contributed by atoms with Crippen LogP contribution < -0.4 is 5.32 Å². The van der Waals surface area contributed by atoms with Gasteiger partial charge in [0.1, 0.15) is 5.75 Å². The summed E-state index contributed by atoms with van der Waals surface area (Å²) in [6.45, 7) is 3.26. The van der Waals surface area contributed by atoms with Crippen LogP contribution in [0.4, 0.5) is 0 Å². The Kier molecular flexibility index (Phi) is 4.10. The summed E-state index contributed by atoms with van der Waals surface area (Å²) in [4.78, 5) is 12.0. The lowest BCUT2D eigenvalue weighted by atomic mass is 10.0. The third kappa shape index (κ3) is 3.47. The largest absolute Gasteiger partial charge is 0.507 e. The summed E-state index contributed by atoms with van der Waals surface area (Å²) in [6, 6.07) is 5.09. The quantitative estimate of drug-likeness (QED) is 0.827. The molecule has 1 fully saturated rings. The highest BCUT2D eigenvalue weighted by atomic mass is 16.5. The van der Waals surface area contributed by atoms with E-state index in [1.807, 2.05) is 13.0 Å². The molecule has 0 aliphatic heterocycles. The molecule has 19 heavy (non-hydrogen) atoms. The lowest BCUT2D eigenvalue weighted by molar-refractivity contribution is 0.0935. The Hall–Kier alpha value is -1.55. The molecule has 0 aromatic heterocycles. The predicted molar refractivity (Wildman–Crippen MR) is 73.3 cm³/mol. The maximum absolute atomic E-state index is 12.0. The number of methoxy groups -OCH3 is 1.